The van der Waals surface area contributed by atoms with Gasteiger partial charge in [0.25, 0.3) is 11.8 Å². The van der Waals surface area contributed by atoms with E-state index in [0.717, 1.165) is 17.5 Å². The third-order valence-electron chi connectivity index (χ3n) is 5.03. The molecular weight excluding hydrogens is 354 g/mol. The van der Waals surface area contributed by atoms with Crippen LogP contribution in [0.15, 0.2) is 36.4 Å². The maximum atomic E-state index is 13.1. The van der Waals surface area contributed by atoms with Crippen molar-refractivity contribution in [3.8, 4) is 16.9 Å². The normalized spacial score (nSPS) is 21.7. The highest BCUT2D eigenvalue weighted by atomic mass is 35.5. The highest BCUT2D eigenvalue weighted by Crippen LogP contribution is 2.36. The summed E-state index contributed by atoms with van der Waals surface area (Å²) in [6.45, 7) is 0.537. The fourth-order valence-electron chi connectivity index (χ4n) is 3.70. The summed E-state index contributed by atoms with van der Waals surface area (Å²) in [7, 11) is 1.59. The number of benzene rings is 2. The molecule has 2 heterocycles. The first-order valence-electron chi connectivity index (χ1n) is 8.42. The van der Waals surface area contributed by atoms with E-state index < -0.39 is 6.04 Å². The smallest absolute Gasteiger partial charge is 0.256 e. The molecule has 0 spiro atoms. The van der Waals surface area contributed by atoms with E-state index in [9.17, 15) is 9.59 Å². The van der Waals surface area contributed by atoms with E-state index in [4.69, 9.17) is 16.3 Å². The van der Waals surface area contributed by atoms with Gasteiger partial charge in [0.15, 0.2) is 6.04 Å². The van der Waals surface area contributed by atoms with Gasteiger partial charge in [0.1, 0.15) is 11.8 Å². The average molecular weight is 373 g/mol. The van der Waals surface area contributed by atoms with Crippen LogP contribution >= 0.6 is 11.6 Å². The molecule has 0 unspecified atom stereocenters. The van der Waals surface area contributed by atoms with Gasteiger partial charge >= 0.3 is 0 Å². The molecule has 6 nitrogen and oxygen atoms in total. The minimum atomic E-state index is -0.515. The second kappa shape index (κ2) is 6.30. The molecule has 1 saturated heterocycles. The van der Waals surface area contributed by atoms with E-state index in [1.54, 1.807) is 42.3 Å². The zero-order chi connectivity index (χ0) is 18.4. The zero-order valence-electron chi connectivity index (χ0n) is 14.3. The third kappa shape index (κ3) is 2.62. The summed E-state index contributed by atoms with van der Waals surface area (Å²) in [5.41, 5.74) is 6.60. The lowest BCUT2D eigenvalue weighted by atomic mass is 10.0. The molecule has 1 fully saturated rings. The Morgan fingerprint density at radius 2 is 2.00 bits per heavy atom. The van der Waals surface area contributed by atoms with Gasteiger partial charge in [-0.3, -0.25) is 9.59 Å². The first-order chi connectivity index (χ1) is 12.5. The molecule has 0 radical (unpaired) electrons. The molecule has 2 atom stereocenters. The largest absolute Gasteiger partial charge is 0.496 e. The van der Waals surface area contributed by atoms with Crippen molar-refractivity contribution in [3.63, 3.8) is 0 Å². The Morgan fingerprint density at radius 3 is 2.77 bits per heavy atom. The molecule has 7 heteroatoms. The highest BCUT2D eigenvalue weighted by molar-refractivity contribution is 6.31. The Balaban J connectivity index is 1.82. The van der Waals surface area contributed by atoms with Crippen molar-refractivity contribution in [1.29, 1.82) is 0 Å². The molecule has 0 bridgehead atoms. The maximum absolute atomic E-state index is 13.1. The summed E-state index contributed by atoms with van der Waals surface area (Å²) in [5, 5.41) is 3.45. The number of anilines is 1. The van der Waals surface area contributed by atoms with Gasteiger partial charge in [0.05, 0.1) is 18.4 Å². The minimum Gasteiger partial charge on any atom is -0.496 e. The first-order valence-corrected chi connectivity index (χ1v) is 8.80. The molecule has 26 heavy (non-hydrogen) atoms. The van der Waals surface area contributed by atoms with Gasteiger partial charge in [-0.15, -0.1) is 0 Å². The maximum Gasteiger partial charge on any atom is 0.256 e. The van der Waals surface area contributed by atoms with Crippen LogP contribution in [0.3, 0.4) is 0 Å². The standard InChI is InChI=1S/C19H18ClN3O3/c1-26-16-5-3-11(20)9-12(16)10-2-4-15-13(8-10)19(25)23-7-6-14(21)17(23)18(24)22-15/h2-5,8-9,14,17H,6-7,21H2,1H3,(H,22,24)/p+1/t14-,17-/m0/s1. The average Bonchev–Trinajstić information content (AvgIpc) is 2.98. The Labute approximate surface area is 155 Å². The number of hydrogen-bond donors (Lipinski definition) is 2. The minimum absolute atomic E-state index is 0.0965. The summed E-state index contributed by atoms with van der Waals surface area (Å²) < 4.78 is 5.42. The van der Waals surface area contributed by atoms with Crippen LogP contribution in [0, 0.1) is 0 Å². The summed E-state index contributed by atoms with van der Waals surface area (Å²) >= 11 is 6.14. The number of ether oxygens (including phenoxy) is 1. The molecule has 2 aliphatic rings. The predicted octanol–water partition coefficient (Wildman–Crippen LogP) is 1.79. The number of nitrogens with one attached hydrogen (secondary N) is 1. The number of fused-ring (bicyclic) bond motifs is 2. The molecular formula is C19H19ClN3O3+. The van der Waals surface area contributed by atoms with Gasteiger partial charge < -0.3 is 20.7 Å². The molecule has 4 rings (SSSR count). The van der Waals surface area contributed by atoms with Crippen molar-refractivity contribution < 1.29 is 20.1 Å². The van der Waals surface area contributed by atoms with Gasteiger partial charge in [0, 0.05) is 23.6 Å². The summed E-state index contributed by atoms with van der Waals surface area (Å²) in [6, 6.07) is 10.1. The Kier molecular flexibility index (Phi) is 4.09. The van der Waals surface area contributed by atoms with E-state index in [-0.39, 0.29) is 17.9 Å². The van der Waals surface area contributed by atoms with Crippen molar-refractivity contribution in [2.24, 2.45) is 0 Å². The van der Waals surface area contributed by atoms with Crippen LogP contribution in [0.1, 0.15) is 16.8 Å². The van der Waals surface area contributed by atoms with Crippen molar-refractivity contribution in [2.75, 3.05) is 19.0 Å². The quantitative estimate of drug-likeness (QED) is 0.842. The summed E-state index contributed by atoms with van der Waals surface area (Å²) in [6.07, 6.45) is 0.723. The van der Waals surface area contributed by atoms with Gasteiger partial charge in [-0.1, -0.05) is 17.7 Å². The number of rotatable bonds is 2. The van der Waals surface area contributed by atoms with Crippen LogP contribution < -0.4 is 15.8 Å². The van der Waals surface area contributed by atoms with Crippen molar-refractivity contribution in [2.45, 2.75) is 18.5 Å². The number of carbonyl (C=O) groups excluding carboxylic acids is 2. The van der Waals surface area contributed by atoms with E-state index >= 15 is 0 Å². The third-order valence-corrected chi connectivity index (χ3v) is 5.27. The number of nitrogens with zero attached hydrogens (tertiary/aromatic N) is 1. The van der Waals surface area contributed by atoms with Gasteiger partial charge in [0.2, 0.25) is 0 Å². The zero-order valence-corrected chi connectivity index (χ0v) is 15.0. The second-order valence-electron chi connectivity index (χ2n) is 6.59. The molecule has 0 aromatic heterocycles. The SMILES string of the molecule is COc1ccc(Cl)cc1-c1ccc2c(c1)C(=O)N1CC[C@H]([NH3+])[C@H]1C(=O)N2. The highest BCUT2D eigenvalue weighted by Gasteiger charge is 2.45. The molecule has 134 valence electrons. The number of hydrogen-bond acceptors (Lipinski definition) is 3. The number of quaternary nitrogens is 1. The van der Waals surface area contributed by atoms with Crippen molar-refractivity contribution in [3.05, 3.63) is 47.0 Å². The molecule has 2 aromatic carbocycles. The van der Waals surface area contributed by atoms with Gasteiger partial charge in [-0.2, -0.15) is 0 Å². The van der Waals surface area contributed by atoms with Crippen LogP contribution in [0.5, 0.6) is 5.75 Å². The van der Waals surface area contributed by atoms with E-state index in [1.165, 1.54) is 0 Å². The van der Waals surface area contributed by atoms with Crippen molar-refractivity contribution >= 4 is 29.1 Å². The van der Waals surface area contributed by atoms with Crippen LogP contribution in [0.25, 0.3) is 11.1 Å². The Hall–Kier alpha value is -2.57. The lowest BCUT2D eigenvalue weighted by Gasteiger charge is -2.20. The second-order valence-corrected chi connectivity index (χ2v) is 7.02. The molecule has 2 aromatic rings. The molecule has 2 aliphatic heterocycles. The van der Waals surface area contributed by atoms with E-state index in [1.807, 2.05) is 6.07 Å². The van der Waals surface area contributed by atoms with Crippen LogP contribution in [0.2, 0.25) is 5.02 Å². The molecule has 0 aliphatic carbocycles. The number of carbonyl (C=O) groups is 2. The first kappa shape index (κ1) is 16.9. The van der Waals surface area contributed by atoms with Crippen LogP contribution in [-0.2, 0) is 4.79 Å². The number of halogens is 1. The molecule has 0 saturated carbocycles. The van der Waals surface area contributed by atoms with E-state index in [2.05, 4.69) is 11.1 Å². The van der Waals surface area contributed by atoms with Gasteiger partial charge in [-0.25, -0.2) is 0 Å². The lowest BCUT2D eigenvalue weighted by Crippen LogP contribution is -2.68. The Morgan fingerprint density at radius 1 is 1.19 bits per heavy atom. The monoisotopic (exact) mass is 372 g/mol. The topological polar surface area (TPSA) is 86.3 Å². The Bertz CT molecular complexity index is 915. The number of amides is 2. The van der Waals surface area contributed by atoms with Crippen LogP contribution in [-0.4, -0.2) is 42.5 Å². The van der Waals surface area contributed by atoms with E-state index in [0.29, 0.717) is 28.6 Å². The van der Waals surface area contributed by atoms with Crippen molar-refractivity contribution in [1.82, 2.24) is 4.90 Å². The van der Waals surface area contributed by atoms with Crippen LogP contribution in [0.4, 0.5) is 5.69 Å². The molecule has 2 amide bonds. The fourth-order valence-corrected chi connectivity index (χ4v) is 3.88. The summed E-state index contributed by atoms with van der Waals surface area (Å²) in [5.74, 6) is 0.330. The summed E-state index contributed by atoms with van der Waals surface area (Å²) in [4.78, 5) is 27.2. The fraction of sp³-hybridized carbons (Fsp3) is 0.263. The van der Waals surface area contributed by atoms with Gasteiger partial charge in [-0.05, 0) is 35.9 Å². The molecule has 4 N–H and O–H groups in total. The lowest BCUT2D eigenvalue weighted by molar-refractivity contribution is -0.419. The number of methoxy groups -OCH3 is 1. The predicted molar refractivity (Wildman–Crippen MR) is 98.2 cm³/mol.